The number of hydrogen-bond donors (Lipinski definition) is 0. The van der Waals surface area contributed by atoms with E-state index in [0.29, 0.717) is 12.8 Å². The Labute approximate surface area is 102 Å². The Bertz CT molecular complexity index is 517. The minimum absolute atomic E-state index is 0.535. The van der Waals surface area contributed by atoms with E-state index in [1.807, 2.05) is 19.1 Å². The molecule has 90 valence electrons. The maximum atomic E-state index is 11.5. The monoisotopic (exact) mass is 248 g/mol. The fourth-order valence-electron chi connectivity index (χ4n) is 1.98. The van der Waals surface area contributed by atoms with Gasteiger partial charge in [0.15, 0.2) is 8.03 Å². The molecule has 0 heterocycles. The fraction of sp³-hybridized carbons (Fsp3) is 0.286. The fourth-order valence-corrected chi connectivity index (χ4v) is 2.92. The van der Waals surface area contributed by atoms with E-state index < -0.39 is 8.03 Å². The van der Waals surface area contributed by atoms with Crippen molar-refractivity contribution in [2.24, 2.45) is 0 Å². The molecule has 0 saturated carbocycles. The molecule has 0 spiro atoms. The van der Waals surface area contributed by atoms with E-state index in [2.05, 4.69) is 30.3 Å². The van der Waals surface area contributed by atoms with Crippen LogP contribution in [0.25, 0.3) is 10.8 Å². The highest BCUT2D eigenvalue weighted by atomic mass is 31.1. The molecule has 2 rings (SSSR count). The standard InChI is InChI=1S/C14H17O2P/c1-2-16-17(15)11-10-13-8-5-7-12-6-3-4-9-14(12)13/h3-9,17H,2,10-11H2,1H3. The van der Waals surface area contributed by atoms with Crippen LogP contribution in [-0.2, 0) is 15.5 Å². The van der Waals surface area contributed by atoms with Crippen LogP contribution >= 0.6 is 8.03 Å². The van der Waals surface area contributed by atoms with Gasteiger partial charge in [-0.05, 0) is 29.7 Å². The van der Waals surface area contributed by atoms with Gasteiger partial charge in [-0.25, -0.2) is 0 Å². The second kappa shape index (κ2) is 6.00. The molecule has 2 aromatic rings. The van der Waals surface area contributed by atoms with E-state index in [9.17, 15) is 4.57 Å². The van der Waals surface area contributed by atoms with Gasteiger partial charge in [-0.1, -0.05) is 42.5 Å². The van der Waals surface area contributed by atoms with Crippen LogP contribution in [0.15, 0.2) is 42.5 Å². The van der Waals surface area contributed by atoms with Gasteiger partial charge in [0, 0.05) is 6.16 Å². The van der Waals surface area contributed by atoms with Crippen LogP contribution < -0.4 is 0 Å². The van der Waals surface area contributed by atoms with Gasteiger partial charge in [0.05, 0.1) is 6.61 Å². The minimum atomic E-state index is -1.86. The number of rotatable bonds is 5. The molecular weight excluding hydrogens is 231 g/mol. The summed E-state index contributed by atoms with van der Waals surface area (Å²) in [5.74, 6) is 0. The first kappa shape index (κ1) is 12.3. The average molecular weight is 248 g/mol. The highest BCUT2D eigenvalue weighted by Crippen LogP contribution is 2.26. The predicted octanol–water partition coefficient (Wildman–Crippen LogP) is 3.89. The summed E-state index contributed by atoms with van der Waals surface area (Å²) in [7, 11) is -1.86. The Balaban J connectivity index is 2.16. The summed E-state index contributed by atoms with van der Waals surface area (Å²) in [6.45, 7) is 2.41. The zero-order valence-corrected chi connectivity index (χ0v) is 11.0. The molecule has 0 saturated heterocycles. The van der Waals surface area contributed by atoms with Crippen molar-refractivity contribution in [3.8, 4) is 0 Å². The van der Waals surface area contributed by atoms with E-state index in [1.165, 1.54) is 16.3 Å². The lowest BCUT2D eigenvalue weighted by Gasteiger charge is -2.06. The van der Waals surface area contributed by atoms with E-state index in [1.54, 1.807) is 0 Å². The maximum Gasteiger partial charge on any atom is 0.191 e. The zero-order valence-electron chi connectivity index (χ0n) is 9.98. The quantitative estimate of drug-likeness (QED) is 0.750. The predicted molar refractivity (Wildman–Crippen MR) is 73.1 cm³/mol. The van der Waals surface area contributed by atoms with Crippen LogP contribution in [-0.4, -0.2) is 12.8 Å². The molecule has 0 radical (unpaired) electrons. The second-order valence-corrected chi connectivity index (χ2v) is 5.48. The van der Waals surface area contributed by atoms with Crippen LogP contribution in [0.5, 0.6) is 0 Å². The van der Waals surface area contributed by atoms with E-state index in [4.69, 9.17) is 4.52 Å². The van der Waals surface area contributed by atoms with Crippen molar-refractivity contribution >= 4 is 18.8 Å². The van der Waals surface area contributed by atoms with Crippen molar-refractivity contribution < 1.29 is 9.09 Å². The van der Waals surface area contributed by atoms with Gasteiger partial charge in [0.2, 0.25) is 0 Å². The first-order chi connectivity index (χ1) is 8.31. The molecule has 2 nitrogen and oxygen atoms in total. The molecule has 1 atom stereocenters. The summed E-state index contributed by atoms with van der Waals surface area (Å²) in [5.41, 5.74) is 1.25. The Kier molecular flexibility index (Phi) is 4.36. The van der Waals surface area contributed by atoms with Crippen LogP contribution in [0.4, 0.5) is 0 Å². The lowest BCUT2D eigenvalue weighted by atomic mass is 10.0. The molecule has 0 aliphatic carbocycles. The molecule has 1 unspecified atom stereocenters. The molecular formula is C14H17O2P. The highest BCUT2D eigenvalue weighted by Gasteiger charge is 2.03. The van der Waals surface area contributed by atoms with E-state index in [-0.39, 0.29) is 0 Å². The molecule has 3 heteroatoms. The molecule has 0 fully saturated rings. The lowest BCUT2D eigenvalue weighted by Crippen LogP contribution is -1.91. The smallest absolute Gasteiger partial charge is 0.191 e. The summed E-state index contributed by atoms with van der Waals surface area (Å²) in [6.07, 6.45) is 1.45. The van der Waals surface area contributed by atoms with Crippen LogP contribution in [0, 0.1) is 0 Å². The summed E-state index contributed by atoms with van der Waals surface area (Å²) >= 11 is 0. The van der Waals surface area contributed by atoms with Gasteiger partial charge in [0.25, 0.3) is 0 Å². The lowest BCUT2D eigenvalue weighted by molar-refractivity contribution is 0.350. The first-order valence-corrected chi connectivity index (χ1v) is 7.46. The summed E-state index contributed by atoms with van der Waals surface area (Å²) in [5, 5.41) is 2.49. The van der Waals surface area contributed by atoms with Gasteiger partial charge >= 0.3 is 0 Å². The summed E-state index contributed by atoms with van der Waals surface area (Å²) < 4.78 is 16.6. The van der Waals surface area contributed by atoms with Crippen LogP contribution in [0.2, 0.25) is 0 Å². The average Bonchev–Trinajstić information content (AvgIpc) is 2.36. The molecule has 0 aliphatic rings. The SMILES string of the molecule is CCO[PH](=O)CCc1cccc2ccccc12. The zero-order chi connectivity index (χ0) is 12.1. The normalized spacial score (nSPS) is 12.8. The van der Waals surface area contributed by atoms with Crippen molar-refractivity contribution in [3.63, 3.8) is 0 Å². The van der Waals surface area contributed by atoms with Crippen LogP contribution in [0.3, 0.4) is 0 Å². The van der Waals surface area contributed by atoms with Gasteiger partial charge in [-0.2, -0.15) is 0 Å². The molecule has 0 aliphatic heterocycles. The Hall–Kier alpha value is -1.11. The highest BCUT2D eigenvalue weighted by molar-refractivity contribution is 7.39. The number of aryl methyl sites for hydroxylation is 1. The Morgan fingerprint density at radius 1 is 1.12 bits per heavy atom. The molecule has 2 aromatic carbocycles. The Morgan fingerprint density at radius 2 is 1.88 bits per heavy atom. The van der Waals surface area contributed by atoms with Gasteiger partial charge < -0.3 is 4.52 Å². The molecule has 0 amide bonds. The molecule has 17 heavy (non-hydrogen) atoms. The van der Waals surface area contributed by atoms with Crippen molar-refractivity contribution in [2.45, 2.75) is 13.3 Å². The number of benzene rings is 2. The van der Waals surface area contributed by atoms with Crippen LogP contribution in [0.1, 0.15) is 12.5 Å². The molecule has 0 bridgehead atoms. The third kappa shape index (κ3) is 3.18. The Morgan fingerprint density at radius 3 is 2.71 bits per heavy atom. The third-order valence-electron chi connectivity index (χ3n) is 2.78. The van der Waals surface area contributed by atoms with Crippen molar-refractivity contribution in [3.05, 3.63) is 48.0 Å². The van der Waals surface area contributed by atoms with Gasteiger partial charge in [-0.15, -0.1) is 0 Å². The minimum Gasteiger partial charge on any atom is -0.331 e. The number of fused-ring (bicyclic) bond motifs is 1. The first-order valence-electron chi connectivity index (χ1n) is 5.93. The number of hydrogen-bond acceptors (Lipinski definition) is 2. The van der Waals surface area contributed by atoms with Crippen molar-refractivity contribution in [2.75, 3.05) is 12.8 Å². The van der Waals surface area contributed by atoms with Gasteiger partial charge in [-0.3, -0.25) is 4.57 Å². The van der Waals surface area contributed by atoms with Gasteiger partial charge in [0.1, 0.15) is 0 Å². The second-order valence-electron chi connectivity index (χ2n) is 3.94. The summed E-state index contributed by atoms with van der Waals surface area (Å²) in [4.78, 5) is 0. The van der Waals surface area contributed by atoms with Crippen molar-refractivity contribution in [1.82, 2.24) is 0 Å². The van der Waals surface area contributed by atoms with E-state index >= 15 is 0 Å². The summed E-state index contributed by atoms with van der Waals surface area (Å²) in [6, 6.07) is 14.5. The molecule has 0 aromatic heterocycles. The molecule has 0 N–H and O–H groups in total. The topological polar surface area (TPSA) is 26.3 Å². The van der Waals surface area contributed by atoms with E-state index in [0.717, 1.165) is 6.42 Å². The maximum absolute atomic E-state index is 11.5. The third-order valence-corrected chi connectivity index (χ3v) is 4.05. The van der Waals surface area contributed by atoms with Crippen molar-refractivity contribution in [1.29, 1.82) is 0 Å². The largest absolute Gasteiger partial charge is 0.331 e.